The Morgan fingerprint density at radius 2 is 2.21 bits per heavy atom. The summed E-state index contributed by atoms with van der Waals surface area (Å²) in [6, 6.07) is 7.21. The first-order chi connectivity index (χ1) is 6.75. The van der Waals surface area contributed by atoms with E-state index in [-0.39, 0.29) is 0 Å². The lowest BCUT2D eigenvalue weighted by Crippen LogP contribution is -2.21. The number of aliphatic hydroxyl groups is 1. The summed E-state index contributed by atoms with van der Waals surface area (Å²) in [5, 5.41) is 13.2. The smallest absolute Gasteiger partial charge is 0.0929 e. The zero-order valence-electron chi connectivity index (χ0n) is 7.70. The molecule has 0 aliphatic rings. The second-order valence-electron chi connectivity index (χ2n) is 2.87. The number of halogens is 1. The lowest BCUT2D eigenvalue weighted by molar-refractivity contribution is 0.176. The fraction of sp³-hybridized carbons (Fsp3) is 0.273. The van der Waals surface area contributed by atoms with E-state index in [1.165, 1.54) is 0 Å². The van der Waals surface area contributed by atoms with Crippen molar-refractivity contribution in [3.05, 3.63) is 34.9 Å². The molecule has 0 fully saturated rings. The molecule has 3 heteroatoms. The molecule has 0 spiro atoms. The lowest BCUT2D eigenvalue weighted by atomic mass is 10.1. The summed E-state index contributed by atoms with van der Waals surface area (Å²) in [5.74, 6) is 2.43. The number of aliphatic hydroxyl groups excluding tert-OH is 1. The summed E-state index contributed by atoms with van der Waals surface area (Å²) in [4.78, 5) is 0. The Bertz CT molecular complexity index is 332. The van der Waals surface area contributed by atoms with Crippen LogP contribution in [0.5, 0.6) is 0 Å². The highest BCUT2D eigenvalue weighted by molar-refractivity contribution is 6.31. The molecule has 0 amide bonds. The van der Waals surface area contributed by atoms with Crippen molar-refractivity contribution in [3.8, 4) is 12.3 Å². The summed E-state index contributed by atoms with van der Waals surface area (Å²) in [6.07, 6.45) is 4.45. The minimum Gasteiger partial charge on any atom is -0.387 e. The first-order valence-corrected chi connectivity index (χ1v) is 4.70. The fourth-order valence-electron chi connectivity index (χ4n) is 1.14. The molecular formula is C11H12ClNO. The Hall–Kier alpha value is -1.01. The molecule has 0 heterocycles. The van der Waals surface area contributed by atoms with E-state index < -0.39 is 6.10 Å². The van der Waals surface area contributed by atoms with Gasteiger partial charge in [0.05, 0.1) is 12.6 Å². The Morgan fingerprint density at radius 1 is 1.50 bits per heavy atom. The first kappa shape index (κ1) is 11.1. The van der Waals surface area contributed by atoms with Crippen molar-refractivity contribution in [2.75, 3.05) is 13.1 Å². The van der Waals surface area contributed by atoms with Gasteiger partial charge in [-0.05, 0) is 6.07 Å². The molecule has 0 saturated heterocycles. The Morgan fingerprint density at radius 3 is 2.86 bits per heavy atom. The molecule has 0 aliphatic carbocycles. The van der Waals surface area contributed by atoms with Gasteiger partial charge in [0.2, 0.25) is 0 Å². The van der Waals surface area contributed by atoms with Crippen LogP contribution in [0.15, 0.2) is 24.3 Å². The topological polar surface area (TPSA) is 32.3 Å². The Labute approximate surface area is 88.9 Å². The minimum absolute atomic E-state index is 0.411. The second kappa shape index (κ2) is 5.66. The largest absolute Gasteiger partial charge is 0.387 e. The van der Waals surface area contributed by atoms with Crippen molar-refractivity contribution >= 4 is 11.6 Å². The summed E-state index contributed by atoms with van der Waals surface area (Å²) < 4.78 is 0. The van der Waals surface area contributed by atoms with Gasteiger partial charge in [-0.3, -0.25) is 0 Å². The van der Waals surface area contributed by atoms with Crippen LogP contribution in [0.25, 0.3) is 0 Å². The van der Waals surface area contributed by atoms with Gasteiger partial charge in [-0.15, -0.1) is 6.42 Å². The monoisotopic (exact) mass is 209 g/mol. The second-order valence-corrected chi connectivity index (χ2v) is 3.28. The van der Waals surface area contributed by atoms with Crippen molar-refractivity contribution in [2.24, 2.45) is 0 Å². The van der Waals surface area contributed by atoms with Gasteiger partial charge in [0.25, 0.3) is 0 Å². The minimum atomic E-state index is -0.614. The number of hydrogen-bond acceptors (Lipinski definition) is 2. The molecule has 1 aromatic rings. The molecule has 0 radical (unpaired) electrons. The maximum absolute atomic E-state index is 9.71. The lowest BCUT2D eigenvalue weighted by Gasteiger charge is -2.12. The van der Waals surface area contributed by atoms with Gasteiger partial charge in [-0.25, -0.2) is 0 Å². The van der Waals surface area contributed by atoms with Crippen molar-refractivity contribution in [1.82, 2.24) is 5.32 Å². The molecule has 0 aromatic heterocycles. The van der Waals surface area contributed by atoms with E-state index in [1.54, 1.807) is 12.1 Å². The van der Waals surface area contributed by atoms with E-state index >= 15 is 0 Å². The van der Waals surface area contributed by atoms with Crippen LogP contribution in [-0.4, -0.2) is 18.2 Å². The standard InChI is InChI=1S/C11H12ClNO/c1-2-7-13-8-11(14)9-5-3-4-6-10(9)12/h1,3-6,11,13-14H,7-8H2. The van der Waals surface area contributed by atoms with Crippen molar-refractivity contribution in [3.63, 3.8) is 0 Å². The molecule has 1 unspecified atom stereocenters. The van der Waals surface area contributed by atoms with Crippen LogP contribution in [0.3, 0.4) is 0 Å². The SMILES string of the molecule is C#CCNCC(O)c1ccccc1Cl. The predicted octanol–water partition coefficient (Wildman–Crippen LogP) is 1.60. The van der Waals surface area contributed by atoms with Crippen LogP contribution < -0.4 is 5.32 Å². The van der Waals surface area contributed by atoms with Crippen LogP contribution in [-0.2, 0) is 0 Å². The maximum atomic E-state index is 9.71. The van der Waals surface area contributed by atoms with E-state index in [1.807, 2.05) is 12.1 Å². The van der Waals surface area contributed by atoms with E-state index in [0.29, 0.717) is 18.1 Å². The van der Waals surface area contributed by atoms with E-state index in [2.05, 4.69) is 11.2 Å². The average molecular weight is 210 g/mol. The van der Waals surface area contributed by atoms with Crippen LogP contribution >= 0.6 is 11.6 Å². The Balaban J connectivity index is 2.57. The fourth-order valence-corrected chi connectivity index (χ4v) is 1.40. The molecule has 2 N–H and O–H groups in total. The van der Waals surface area contributed by atoms with Crippen LogP contribution in [0.1, 0.15) is 11.7 Å². The van der Waals surface area contributed by atoms with E-state index in [0.717, 1.165) is 5.56 Å². The molecule has 1 rings (SSSR count). The van der Waals surface area contributed by atoms with Crippen LogP contribution in [0.2, 0.25) is 5.02 Å². The molecule has 0 bridgehead atoms. The Kier molecular flexibility index (Phi) is 4.48. The third-order valence-electron chi connectivity index (χ3n) is 1.83. The quantitative estimate of drug-likeness (QED) is 0.583. The molecule has 1 aromatic carbocycles. The van der Waals surface area contributed by atoms with Gasteiger partial charge >= 0.3 is 0 Å². The third-order valence-corrected chi connectivity index (χ3v) is 2.17. The van der Waals surface area contributed by atoms with Gasteiger partial charge in [0.15, 0.2) is 0 Å². The number of terminal acetylenes is 1. The molecule has 1 atom stereocenters. The van der Waals surface area contributed by atoms with Crippen molar-refractivity contribution in [2.45, 2.75) is 6.10 Å². The van der Waals surface area contributed by atoms with E-state index in [9.17, 15) is 5.11 Å². The number of nitrogens with one attached hydrogen (secondary N) is 1. The normalized spacial score (nSPS) is 12.1. The molecule has 2 nitrogen and oxygen atoms in total. The number of rotatable bonds is 4. The highest BCUT2D eigenvalue weighted by Gasteiger charge is 2.09. The van der Waals surface area contributed by atoms with E-state index in [4.69, 9.17) is 18.0 Å². The predicted molar refractivity (Wildman–Crippen MR) is 58.1 cm³/mol. The summed E-state index contributed by atoms with van der Waals surface area (Å²) in [5.41, 5.74) is 0.721. The molecule has 74 valence electrons. The highest BCUT2D eigenvalue weighted by atomic mass is 35.5. The van der Waals surface area contributed by atoms with Gasteiger partial charge in [-0.2, -0.15) is 0 Å². The average Bonchev–Trinajstić information content (AvgIpc) is 2.18. The first-order valence-electron chi connectivity index (χ1n) is 4.32. The molecule has 14 heavy (non-hydrogen) atoms. The zero-order chi connectivity index (χ0) is 10.4. The van der Waals surface area contributed by atoms with Crippen molar-refractivity contribution in [1.29, 1.82) is 0 Å². The van der Waals surface area contributed by atoms with Gasteiger partial charge < -0.3 is 10.4 Å². The third kappa shape index (κ3) is 3.04. The highest BCUT2D eigenvalue weighted by Crippen LogP contribution is 2.21. The summed E-state index contributed by atoms with van der Waals surface area (Å²) in [6.45, 7) is 0.857. The zero-order valence-corrected chi connectivity index (χ0v) is 8.46. The van der Waals surface area contributed by atoms with Gasteiger partial charge in [-0.1, -0.05) is 35.7 Å². The summed E-state index contributed by atoms with van der Waals surface area (Å²) in [7, 11) is 0. The van der Waals surface area contributed by atoms with Crippen molar-refractivity contribution < 1.29 is 5.11 Å². The number of hydrogen-bond donors (Lipinski definition) is 2. The molecule has 0 saturated carbocycles. The maximum Gasteiger partial charge on any atom is 0.0929 e. The van der Waals surface area contributed by atoms with Gasteiger partial charge in [0, 0.05) is 17.1 Å². The van der Waals surface area contributed by atoms with Gasteiger partial charge in [0.1, 0.15) is 0 Å². The van der Waals surface area contributed by atoms with Crippen LogP contribution in [0.4, 0.5) is 0 Å². The molecular weight excluding hydrogens is 198 g/mol. The number of benzene rings is 1. The molecule has 0 aliphatic heterocycles. The van der Waals surface area contributed by atoms with Crippen LogP contribution in [0, 0.1) is 12.3 Å². The summed E-state index contributed by atoms with van der Waals surface area (Å²) >= 11 is 5.90.